The number of hydrogen-bond acceptors (Lipinski definition) is 6. The maximum Gasteiger partial charge on any atom is 0.423 e. The Bertz CT molecular complexity index is 1100. The Morgan fingerprint density at radius 1 is 1.40 bits per heavy atom. The molecule has 1 atom stereocenters. The number of hydrazine groups is 1. The fourth-order valence-electron chi connectivity index (χ4n) is 3.60. The number of amides is 3. The highest BCUT2D eigenvalue weighted by Gasteiger charge is 2.25. The zero-order valence-corrected chi connectivity index (χ0v) is 17.8. The fraction of sp³-hybridized carbons (Fsp3) is 0.556. The van der Waals surface area contributed by atoms with Crippen molar-refractivity contribution >= 4 is 33.7 Å². The number of nitrogens with two attached hydrogens (primary N) is 1. The number of carbonyl (C=O) groups is 2. The van der Waals surface area contributed by atoms with E-state index < -0.39 is 23.4 Å². The molecule has 0 saturated carbocycles. The van der Waals surface area contributed by atoms with Crippen LogP contribution in [-0.2, 0) is 17.8 Å². The lowest BCUT2D eigenvalue weighted by Crippen LogP contribution is -2.47. The number of ether oxygens (including phenoxy) is 1. The lowest BCUT2D eigenvalue weighted by molar-refractivity contribution is 0.0965. The molecule has 3 rings (SSSR count). The van der Waals surface area contributed by atoms with Crippen molar-refractivity contribution in [3.8, 4) is 0 Å². The number of thiophene rings is 1. The van der Waals surface area contributed by atoms with Crippen LogP contribution in [0.3, 0.4) is 0 Å². The molecular weight excluding hydrogens is 414 g/mol. The van der Waals surface area contributed by atoms with Crippen LogP contribution in [0.5, 0.6) is 0 Å². The van der Waals surface area contributed by atoms with E-state index in [2.05, 4.69) is 0 Å². The minimum atomic E-state index is -1.44. The number of nitrogens with zero attached hydrogens (tertiary/aromatic N) is 3. The highest BCUT2D eigenvalue weighted by molar-refractivity contribution is 7.18. The van der Waals surface area contributed by atoms with Crippen molar-refractivity contribution in [1.82, 2.24) is 19.6 Å². The first kappa shape index (κ1) is 21.8. The molecule has 1 fully saturated rings. The van der Waals surface area contributed by atoms with Crippen LogP contribution in [0.2, 0.25) is 0 Å². The van der Waals surface area contributed by atoms with Crippen LogP contribution in [-0.4, -0.2) is 44.1 Å². The van der Waals surface area contributed by atoms with Gasteiger partial charge in [-0.15, -0.1) is 11.3 Å². The van der Waals surface area contributed by atoms with Crippen molar-refractivity contribution < 1.29 is 19.4 Å². The number of hydrogen-bond donors (Lipinski definition) is 3. The number of carbonyl (C=O) groups excluding carboxylic acids is 1. The first-order chi connectivity index (χ1) is 14.1. The minimum absolute atomic E-state index is 0.120. The van der Waals surface area contributed by atoms with E-state index in [4.69, 9.17) is 15.6 Å². The van der Waals surface area contributed by atoms with E-state index in [-0.39, 0.29) is 18.7 Å². The number of aromatic nitrogens is 2. The van der Waals surface area contributed by atoms with Crippen LogP contribution in [0.15, 0.2) is 9.59 Å². The summed E-state index contributed by atoms with van der Waals surface area (Å²) in [6, 6.07) is -1.32. The Balaban J connectivity index is 2.18. The van der Waals surface area contributed by atoms with Gasteiger partial charge in [-0.05, 0) is 39.2 Å². The molecule has 12 heteroatoms. The quantitative estimate of drug-likeness (QED) is 0.599. The summed E-state index contributed by atoms with van der Waals surface area (Å²) < 4.78 is 8.44. The maximum atomic E-state index is 13.1. The molecule has 2 aromatic rings. The largest absolute Gasteiger partial charge is 0.464 e. The van der Waals surface area contributed by atoms with Crippen LogP contribution in [0, 0.1) is 6.92 Å². The summed E-state index contributed by atoms with van der Waals surface area (Å²) >= 11 is 1.17. The molecule has 1 aliphatic rings. The molecule has 3 amide bonds. The van der Waals surface area contributed by atoms with Crippen LogP contribution in [0.4, 0.5) is 9.59 Å². The Hall–Kier alpha value is -2.86. The van der Waals surface area contributed by atoms with Crippen LogP contribution < -0.4 is 22.4 Å². The van der Waals surface area contributed by atoms with E-state index in [0.29, 0.717) is 33.8 Å². The van der Waals surface area contributed by atoms with Gasteiger partial charge in [-0.3, -0.25) is 13.9 Å². The predicted molar refractivity (Wildman–Crippen MR) is 111 cm³/mol. The molecule has 0 bridgehead atoms. The molecule has 0 radical (unpaired) electrons. The lowest BCUT2D eigenvalue weighted by atomic mass is 10.2. The third-order valence-electron chi connectivity index (χ3n) is 5.07. The Morgan fingerprint density at radius 2 is 2.10 bits per heavy atom. The third kappa shape index (κ3) is 4.05. The zero-order valence-electron chi connectivity index (χ0n) is 17.0. The molecule has 30 heavy (non-hydrogen) atoms. The molecule has 0 aliphatic carbocycles. The monoisotopic (exact) mass is 439 g/mol. The number of carboxylic acid groups (broad SMARTS) is 1. The average molecular weight is 439 g/mol. The molecule has 1 saturated heterocycles. The SMILES string of the molecule is Cc1c(CN(NC(=O)O)C(N)=O)sc2c1c(=O)n(C(C)C)c(=O)n2CC1CCCO1. The maximum absolute atomic E-state index is 13.1. The molecule has 1 unspecified atom stereocenters. The predicted octanol–water partition coefficient (Wildman–Crippen LogP) is 1.36. The summed E-state index contributed by atoms with van der Waals surface area (Å²) in [6.45, 7) is 6.02. The first-order valence-corrected chi connectivity index (χ1v) is 10.4. The van der Waals surface area contributed by atoms with Gasteiger partial charge in [0.1, 0.15) is 4.83 Å². The third-order valence-corrected chi connectivity index (χ3v) is 6.37. The van der Waals surface area contributed by atoms with Crippen molar-refractivity contribution in [1.29, 1.82) is 0 Å². The second-order valence-electron chi connectivity index (χ2n) is 7.47. The van der Waals surface area contributed by atoms with E-state index in [1.807, 2.05) is 5.43 Å². The summed E-state index contributed by atoms with van der Waals surface area (Å²) in [5.74, 6) is 0. The minimum Gasteiger partial charge on any atom is -0.464 e. The molecule has 11 nitrogen and oxygen atoms in total. The molecule has 0 spiro atoms. The molecular formula is C18H25N5O6S. The van der Waals surface area contributed by atoms with Gasteiger partial charge in [0.2, 0.25) is 0 Å². The summed E-state index contributed by atoms with van der Waals surface area (Å²) in [5.41, 5.74) is 6.95. The smallest absolute Gasteiger partial charge is 0.423 e. The summed E-state index contributed by atoms with van der Waals surface area (Å²) in [7, 11) is 0. The molecule has 4 N–H and O–H groups in total. The van der Waals surface area contributed by atoms with Crippen molar-refractivity contribution in [3.05, 3.63) is 31.3 Å². The van der Waals surface area contributed by atoms with Crippen LogP contribution in [0.1, 0.15) is 43.2 Å². The van der Waals surface area contributed by atoms with Gasteiger partial charge >= 0.3 is 17.8 Å². The highest BCUT2D eigenvalue weighted by atomic mass is 32.1. The number of nitrogens with one attached hydrogen (secondary N) is 1. The average Bonchev–Trinajstić information content (AvgIpc) is 3.26. The van der Waals surface area contributed by atoms with E-state index in [1.54, 1.807) is 25.3 Å². The number of rotatable bonds is 5. The number of primary amides is 1. The van der Waals surface area contributed by atoms with Gasteiger partial charge in [-0.2, -0.15) is 0 Å². The van der Waals surface area contributed by atoms with E-state index >= 15 is 0 Å². The topological polar surface area (TPSA) is 149 Å². The normalized spacial score (nSPS) is 16.3. The summed E-state index contributed by atoms with van der Waals surface area (Å²) in [6.07, 6.45) is 0.176. The van der Waals surface area contributed by atoms with Gasteiger partial charge in [0.05, 0.1) is 24.6 Å². The molecule has 3 heterocycles. The van der Waals surface area contributed by atoms with Gasteiger partial charge in [0, 0.05) is 17.5 Å². The summed E-state index contributed by atoms with van der Waals surface area (Å²) in [5, 5.41) is 10.0. The second-order valence-corrected chi connectivity index (χ2v) is 8.55. The Kier molecular flexibility index (Phi) is 6.17. The Labute approximate surface area is 175 Å². The molecule has 164 valence electrons. The summed E-state index contributed by atoms with van der Waals surface area (Å²) in [4.78, 5) is 49.9. The Morgan fingerprint density at radius 3 is 2.63 bits per heavy atom. The number of urea groups is 1. The van der Waals surface area contributed by atoms with Crippen LogP contribution >= 0.6 is 11.3 Å². The number of aryl methyl sites for hydroxylation is 1. The van der Waals surface area contributed by atoms with Crippen molar-refractivity contribution in [2.24, 2.45) is 5.73 Å². The van der Waals surface area contributed by atoms with Crippen LogP contribution in [0.25, 0.3) is 10.2 Å². The molecule has 0 aromatic carbocycles. The zero-order chi connectivity index (χ0) is 22.2. The molecule has 1 aliphatic heterocycles. The highest BCUT2D eigenvalue weighted by Crippen LogP contribution is 2.30. The van der Waals surface area contributed by atoms with Gasteiger partial charge in [-0.1, -0.05) is 0 Å². The van der Waals surface area contributed by atoms with E-state index in [1.165, 1.54) is 15.9 Å². The van der Waals surface area contributed by atoms with Crippen molar-refractivity contribution in [3.63, 3.8) is 0 Å². The van der Waals surface area contributed by atoms with E-state index in [9.17, 15) is 19.2 Å². The molecule has 2 aromatic heterocycles. The lowest BCUT2D eigenvalue weighted by Gasteiger charge is -2.18. The van der Waals surface area contributed by atoms with Gasteiger partial charge < -0.3 is 15.6 Å². The van der Waals surface area contributed by atoms with Gasteiger partial charge in [-0.25, -0.2) is 24.8 Å². The van der Waals surface area contributed by atoms with E-state index in [0.717, 1.165) is 17.9 Å². The number of fused-ring (bicyclic) bond motifs is 1. The van der Waals surface area contributed by atoms with Crippen molar-refractivity contribution in [2.75, 3.05) is 6.61 Å². The van der Waals surface area contributed by atoms with Gasteiger partial charge in [0.25, 0.3) is 5.56 Å². The first-order valence-electron chi connectivity index (χ1n) is 9.57. The second kappa shape index (κ2) is 8.48. The fourth-order valence-corrected chi connectivity index (χ4v) is 4.89. The van der Waals surface area contributed by atoms with Crippen molar-refractivity contribution in [2.45, 2.75) is 58.8 Å². The van der Waals surface area contributed by atoms with Gasteiger partial charge in [0.15, 0.2) is 0 Å². The standard InChI is InChI=1S/C18H25N5O6S/c1-9(2)23-14(24)13-10(3)12(8-22(16(19)25)20-17(26)27)30-15(13)21(18(23)28)7-11-5-4-6-29-11/h9,11,20H,4-8H2,1-3H3,(H2,19,25)(H,26,27).